The fraction of sp³-hybridized carbons (Fsp3) is 0.550. The van der Waals surface area contributed by atoms with Gasteiger partial charge in [-0.1, -0.05) is 11.6 Å². The van der Waals surface area contributed by atoms with Crippen LogP contribution in [0.3, 0.4) is 0 Å². The summed E-state index contributed by atoms with van der Waals surface area (Å²) in [6.07, 6.45) is 9.90. The molecule has 3 rings (SSSR count). The molecule has 1 aliphatic carbocycles. The van der Waals surface area contributed by atoms with Gasteiger partial charge in [0.15, 0.2) is 0 Å². The summed E-state index contributed by atoms with van der Waals surface area (Å²) in [7, 11) is 0. The number of aromatic nitrogens is 1. The molecule has 1 fully saturated rings. The van der Waals surface area contributed by atoms with Gasteiger partial charge in [0, 0.05) is 39.6 Å². The fourth-order valence-electron chi connectivity index (χ4n) is 3.55. The molecule has 6 heteroatoms. The van der Waals surface area contributed by atoms with Crippen LogP contribution < -0.4 is 10.2 Å². The zero-order valence-corrected chi connectivity index (χ0v) is 15.5. The molecule has 0 bridgehead atoms. The second kappa shape index (κ2) is 8.83. The highest BCUT2D eigenvalue weighted by atomic mass is 16.2. The van der Waals surface area contributed by atoms with Crippen LogP contribution in [0, 0.1) is 0 Å². The third kappa shape index (κ3) is 4.84. The van der Waals surface area contributed by atoms with E-state index in [0.717, 1.165) is 38.3 Å². The van der Waals surface area contributed by atoms with Crippen molar-refractivity contribution in [3.05, 3.63) is 35.7 Å². The number of amides is 2. The first-order chi connectivity index (χ1) is 12.6. The number of carbonyl (C=O) groups excluding carboxylic acids is 2. The molecule has 1 N–H and O–H groups in total. The van der Waals surface area contributed by atoms with E-state index in [1.807, 2.05) is 11.0 Å². The molecule has 0 unspecified atom stereocenters. The maximum absolute atomic E-state index is 12.2. The summed E-state index contributed by atoms with van der Waals surface area (Å²) in [5.74, 6) is 0.00754. The zero-order valence-electron chi connectivity index (χ0n) is 15.5. The molecule has 0 saturated carbocycles. The molecule has 2 aliphatic rings. The summed E-state index contributed by atoms with van der Waals surface area (Å²) in [6, 6.07) is 3.72. The molecule has 0 radical (unpaired) electrons. The van der Waals surface area contributed by atoms with Gasteiger partial charge in [-0.2, -0.15) is 0 Å². The predicted octanol–water partition coefficient (Wildman–Crippen LogP) is 2.37. The van der Waals surface area contributed by atoms with Crippen molar-refractivity contribution in [3.63, 3.8) is 0 Å². The number of pyridine rings is 1. The molecule has 0 spiro atoms. The van der Waals surface area contributed by atoms with E-state index in [0.29, 0.717) is 12.2 Å². The van der Waals surface area contributed by atoms with Crippen LogP contribution in [0.5, 0.6) is 0 Å². The lowest BCUT2D eigenvalue weighted by Crippen LogP contribution is -2.48. The van der Waals surface area contributed by atoms with Crippen molar-refractivity contribution in [3.8, 4) is 0 Å². The van der Waals surface area contributed by atoms with Gasteiger partial charge in [-0.15, -0.1) is 0 Å². The summed E-state index contributed by atoms with van der Waals surface area (Å²) in [6.45, 7) is 5.32. The van der Waals surface area contributed by atoms with Crippen LogP contribution in [-0.2, 0) is 4.79 Å². The summed E-state index contributed by atoms with van der Waals surface area (Å²) in [5, 5.41) is 2.96. The number of hydrogen-bond acceptors (Lipinski definition) is 4. The standard InChI is InChI=1S/C20H28N4O2/c1-16(25)23-11-13-24(14-12-23)18-7-8-19(22-15-18)20(26)21-10-9-17-5-3-2-4-6-17/h5,7-8,15H,2-4,6,9-14H2,1H3,(H,21,26). The lowest BCUT2D eigenvalue weighted by Gasteiger charge is -2.35. The number of allylic oxidation sites excluding steroid dienone is 1. The lowest BCUT2D eigenvalue weighted by molar-refractivity contribution is -0.129. The first-order valence-corrected chi connectivity index (χ1v) is 9.56. The molecule has 140 valence electrons. The van der Waals surface area contributed by atoms with Crippen molar-refractivity contribution in [2.75, 3.05) is 37.6 Å². The number of hydrogen-bond donors (Lipinski definition) is 1. The highest BCUT2D eigenvalue weighted by molar-refractivity contribution is 5.92. The average Bonchev–Trinajstić information content (AvgIpc) is 2.69. The molecule has 1 aromatic heterocycles. The SMILES string of the molecule is CC(=O)N1CCN(c2ccc(C(=O)NCCC3=CCCCC3)nc2)CC1. The Morgan fingerprint density at radius 3 is 2.58 bits per heavy atom. The number of carbonyl (C=O) groups is 2. The Labute approximate surface area is 155 Å². The van der Waals surface area contributed by atoms with E-state index in [4.69, 9.17) is 0 Å². The van der Waals surface area contributed by atoms with Gasteiger partial charge >= 0.3 is 0 Å². The highest BCUT2D eigenvalue weighted by Gasteiger charge is 2.19. The van der Waals surface area contributed by atoms with Gasteiger partial charge in [0.2, 0.25) is 5.91 Å². The molecule has 0 atom stereocenters. The fourth-order valence-corrected chi connectivity index (χ4v) is 3.55. The zero-order chi connectivity index (χ0) is 18.4. The van der Waals surface area contributed by atoms with Crippen molar-refractivity contribution in [2.24, 2.45) is 0 Å². The Morgan fingerprint density at radius 1 is 1.15 bits per heavy atom. The number of rotatable bonds is 5. The van der Waals surface area contributed by atoms with Gasteiger partial charge in [-0.3, -0.25) is 9.59 Å². The largest absolute Gasteiger partial charge is 0.367 e. The Hall–Kier alpha value is -2.37. The summed E-state index contributed by atoms with van der Waals surface area (Å²) >= 11 is 0. The van der Waals surface area contributed by atoms with E-state index in [-0.39, 0.29) is 11.8 Å². The van der Waals surface area contributed by atoms with E-state index >= 15 is 0 Å². The summed E-state index contributed by atoms with van der Waals surface area (Å²) < 4.78 is 0. The van der Waals surface area contributed by atoms with Gasteiger partial charge in [-0.25, -0.2) is 4.98 Å². The van der Waals surface area contributed by atoms with Crippen LogP contribution in [0.4, 0.5) is 5.69 Å². The second-order valence-electron chi connectivity index (χ2n) is 7.01. The van der Waals surface area contributed by atoms with Crippen LogP contribution in [0.15, 0.2) is 30.0 Å². The first-order valence-electron chi connectivity index (χ1n) is 9.56. The second-order valence-corrected chi connectivity index (χ2v) is 7.01. The van der Waals surface area contributed by atoms with E-state index < -0.39 is 0 Å². The molecule has 2 heterocycles. The van der Waals surface area contributed by atoms with Crippen molar-refractivity contribution in [1.82, 2.24) is 15.2 Å². The molecule has 0 aromatic carbocycles. The van der Waals surface area contributed by atoms with E-state index in [9.17, 15) is 9.59 Å². The molecule has 2 amide bonds. The van der Waals surface area contributed by atoms with Gasteiger partial charge in [-0.05, 0) is 44.2 Å². The van der Waals surface area contributed by atoms with Crippen molar-refractivity contribution in [2.45, 2.75) is 39.0 Å². The minimum absolute atomic E-state index is 0.116. The van der Waals surface area contributed by atoms with Crippen LogP contribution in [0.2, 0.25) is 0 Å². The number of piperazine rings is 1. The van der Waals surface area contributed by atoms with Gasteiger partial charge in [0.1, 0.15) is 5.69 Å². The van der Waals surface area contributed by atoms with E-state index in [2.05, 4.69) is 21.3 Å². The topological polar surface area (TPSA) is 65.5 Å². The van der Waals surface area contributed by atoms with Crippen LogP contribution in [0.1, 0.15) is 49.5 Å². The van der Waals surface area contributed by atoms with Gasteiger partial charge < -0.3 is 15.1 Å². The van der Waals surface area contributed by atoms with E-state index in [1.54, 1.807) is 19.2 Å². The molecular formula is C20H28N4O2. The Bertz CT molecular complexity index is 661. The average molecular weight is 356 g/mol. The normalized spacial score (nSPS) is 17.7. The summed E-state index contributed by atoms with van der Waals surface area (Å²) in [5.41, 5.74) is 2.91. The summed E-state index contributed by atoms with van der Waals surface area (Å²) in [4.78, 5) is 32.0. The Kier molecular flexibility index (Phi) is 6.26. The Morgan fingerprint density at radius 2 is 1.96 bits per heavy atom. The lowest BCUT2D eigenvalue weighted by atomic mass is 9.97. The molecule has 26 heavy (non-hydrogen) atoms. The van der Waals surface area contributed by atoms with Crippen molar-refractivity contribution >= 4 is 17.5 Å². The van der Waals surface area contributed by atoms with Gasteiger partial charge in [0.05, 0.1) is 11.9 Å². The van der Waals surface area contributed by atoms with E-state index in [1.165, 1.54) is 31.3 Å². The minimum Gasteiger partial charge on any atom is -0.367 e. The van der Waals surface area contributed by atoms with Gasteiger partial charge in [0.25, 0.3) is 5.91 Å². The Balaban J connectivity index is 1.47. The molecule has 1 saturated heterocycles. The maximum atomic E-state index is 12.2. The monoisotopic (exact) mass is 356 g/mol. The predicted molar refractivity (Wildman–Crippen MR) is 102 cm³/mol. The van der Waals surface area contributed by atoms with Crippen LogP contribution in [-0.4, -0.2) is 54.4 Å². The molecule has 6 nitrogen and oxygen atoms in total. The quantitative estimate of drug-likeness (QED) is 0.823. The maximum Gasteiger partial charge on any atom is 0.269 e. The van der Waals surface area contributed by atoms with Crippen molar-refractivity contribution < 1.29 is 9.59 Å². The highest BCUT2D eigenvalue weighted by Crippen LogP contribution is 2.19. The molecular weight excluding hydrogens is 328 g/mol. The van der Waals surface area contributed by atoms with Crippen molar-refractivity contribution in [1.29, 1.82) is 0 Å². The first kappa shape index (κ1) is 18.4. The minimum atomic E-state index is -0.116. The third-order valence-corrected chi connectivity index (χ3v) is 5.19. The smallest absolute Gasteiger partial charge is 0.269 e. The number of nitrogens with zero attached hydrogens (tertiary/aromatic N) is 3. The molecule has 1 aliphatic heterocycles. The number of anilines is 1. The van der Waals surface area contributed by atoms with Crippen LogP contribution >= 0.6 is 0 Å². The third-order valence-electron chi connectivity index (χ3n) is 5.19. The molecule has 1 aromatic rings. The number of nitrogens with one attached hydrogen (secondary N) is 1. The van der Waals surface area contributed by atoms with Crippen LogP contribution in [0.25, 0.3) is 0 Å².